The van der Waals surface area contributed by atoms with Gasteiger partial charge in [-0.2, -0.15) is 5.10 Å². The molecule has 1 fully saturated rings. The lowest BCUT2D eigenvalue weighted by Gasteiger charge is -2.03. The Kier molecular flexibility index (Phi) is 3.50. The topological polar surface area (TPSA) is 41.5 Å². The molecule has 1 aromatic carbocycles. The Morgan fingerprint density at radius 2 is 1.47 bits per heavy atom. The molecular weight excluding hydrogens is 271 g/mol. The van der Waals surface area contributed by atoms with Crippen LogP contribution in [0.2, 0.25) is 0 Å². The number of nitrogens with one attached hydrogen (secondary N) is 1. The molecule has 0 saturated heterocycles. The number of benzene rings is 1. The van der Waals surface area contributed by atoms with E-state index in [1.165, 1.54) is 0 Å². The minimum atomic E-state index is -2.24. The van der Waals surface area contributed by atoms with Crippen molar-refractivity contribution in [3.05, 3.63) is 34.6 Å². The molecule has 3 nitrogen and oxygen atoms in total. The second-order valence-electron chi connectivity index (χ2n) is 3.99. The second-order valence-corrected chi connectivity index (χ2v) is 3.99. The van der Waals surface area contributed by atoms with Crippen LogP contribution in [-0.4, -0.2) is 12.1 Å². The first-order valence-electron chi connectivity index (χ1n) is 5.27. The molecule has 0 bridgehead atoms. The Morgan fingerprint density at radius 3 is 1.95 bits per heavy atom. The fourth-order valence-electron chi connectivity index (χ4n) is 1.33. The van der Waals surface area contributed by atoms with E-state index in [0.717, 1.165) is 0 Å². The Balaban J connectivity index is 2.24. The van der Waals surface area contributed by atoms with Gasteiger partial charge in [0.2, 0.25) is 11.7 Å². The summed E-state index contributed by atoms with van der Waals surface area (Å²) in [6.07, 6.45) is 1.75. The maximum atomic E-state index is 13.2. The normalized spacial score (nSPS) is 15.0. The zero-order valence-electron chi connectivity index (χ0n) is 9.31. The maximum Gasteiger partial charge on any atom is 0.243 e. The van der Waals surface area contributed by atoms with Crippen molar-refractivity contribution in [1.82, 2.24) is 5.43 Å². The number of nitrogens with zero attached hydrogens (tertiary/aromatic N) is 1. The highest BCUT2D eigenvalue weighted by molar-refractivity contribution is 5.84. The lowest BCUT2D eigenvalue weighted by Crippen LogP contribution is -2.19. The third-order valence-electron chi connectivity index (χ3n) is 2.56. The number of hydrogen-bond acceptors (Lipinski definition) is 2. The van der Waals surface area contributed by atoms with Crippen LogP contribution in [0, 0.1) is 35.0 Å². The molecule has 0 spiro atoms. The maximum absolute atomic E-state index is 13.2. The fourth-order valence-corrected chi connectivity index (χ4v) is 1.33. The molecule has 1 amide bonds. The molecule has 19 heavy (non-hydrogen) atoms. The Bertz CT molecular complexity index is 540. The van der Waals surface area contributed by atoms with E-state index in [-0.39, 0.29) is 5.92 Å². The van der Waals surface area contributed by atoms with Crippen molar-refractivity contribution in [2.45, 2.75) is 12.8 Å². The summed E-state index contributed by atoms with van der Waals surface area (Å²) in [5.41, 5.74) is 0.758. The van der Waals surface area contributed by atoms with E-state index in [1.54, 1.807) is 0 Å². The largest absolute Gasteiger partial charge is 0.273 e. The average molecular weight is 278 g/mol. The Hall–Kier alpha value is -1.99. The molecule has 1 aliphatic rings. The lowest BCUT2D eigenvalue weighted by molar-refractivity contribution is -0.122. The van der Waals surface area contributed by atoms with Crippen LogP contribution in [0.1, 0.15) is 18.4 Å². The molecule has 1 saturated carbocycles. The van der Waals surface area contributed by atoms with Crippen LogP contribution in [0.3, 0.4) is 0 Å². The smallest absolute Gasteiger partial charge is 0.243 e. The summed E-state index contributed by atoms with van der Waals surface area (Å²) in [5.74, 6) is -11.0. The molecule has 1 aromatic rings. The van der Waals surface area contributed by atoms with Crippen molar-refractivity contribution in [2.24, 2.45) is 11.0 Å². The van der Waals surface area contributed by atoms with Crippen LogP contribution >= 0.6 is 0 Å². The van der Waals surface area contributed by atoms with Gasteiger partial charge in [0.25, 0.3) is 0 Å². The fraction of sp³-hybridized carbons (Fsp3) is 0.273. The van der Waals surface area contributed by atoms with E-state index < -0.39 is 40.6 Å². The van der Waals surface area contributed by atoms with Gasteiger partial charge in [0.1, 0.15) is 0 Å². The van der Waals surface area contributed by atoms with Crippen molar-refractivity contribution < 1.29 is 26.7 Å². The summed E-state index contributed by atoms with van der Waals surface area (Å²) < 4.78 is 64.7. The number of carbonyl (C=O) groups is 1. The first-order chi connectivity index (χ1) is 8.93. The van der Waals surface area contributed by atoms with E-state index in [1.807, 2.05) is 5.43 Å². The highest BCUT2D eigenvalue weighted by Crippen LogP contribution is 2.28. The quantitative estimate of drug-likeness (QED) is 0.297. The minimum absolute atomic E-state index is 0.200. The van der Waals surface area contributed by atoms with Gasteiger partial charge in [-0.3, -0.25) is 4.79 Å². The van der Waals surface area contributed by atoms with Gasteiger partial charge >= 0.3 is 0 Å². The lowest BCUT2D eigenvalue weighted by atomic mass is 10.2. The van der Waals surface area contributed by atoms with Crippen LogP contribution in [0.15, 0.2) is 5.10 Å². The molecular formula is C11H7F5N2O. The number of rotatable bonds is 3. The SMILES string of the molecule is O=C(NN=Cc1c(F)c(F)c(F)c(F)c1F)C1CC1. The molecule has 1 aliphatic carbocycles. The summed E-state index contributed by atoms with van der Waals surface area (Å²) in [5, 5.41) is 3.18. The molecule has 2 rings (SSSR count). The van der Waals surface area contributed by atoms with Gasteiger partial charge in [-0.25, -0.2) is 27.4 Å². The molecule has 0 aliphatic heterocycles. The number of hydrazone groups is 1. The van der Waals surface area contributed by atoms with Gasteiger partial charge in [-0.1, -0.05) is 0 Å². The standard InChI is InChI=1S/C11H7F5N2O/c12-6-5(3-17-18-11(19)4-1-2-4)7(13)9(15)10(16)8(6)14/h3-4H,1-2H2,(H,18,19). The monoisotopic (exact) mass is 278 g/mol. The van der Waals surface area contributed by atoms with Crippen LogP contribution < -0.4 is 5.43 Å². The summed E-state index contributed by atoms with van der Waals surface area (Å²) in [6.45, 7) is 0. The molecule has 0 unspecified atom stereocenters. The first kappa shape index (κ1) is 13.4. The minimum Gasteiger partial charge on any atom is -0.273 e. The number of amides is 1. The summed E-state index contributed by atoms with van der Waals surface area (Å²) >= 11 is 0. The number of carbonyl (C=O) groups excluding carboxylic acids is 1. The predicted octanol–water partition coefficient (Wildman–Crippen LogP) is 2.24. The molecule has 0 heterocycles. The molecule has 0 radical (unpaired) electrons. The van der Waals surface area contributed by atoms with Gasteiger partial charge < -0.3 is 0 Å². The zero-order chi connectivity index (χ0) is 14.2. The highest BCUT2D eigenvalue weighted by Gasteiger charge is 2.29. The van der Waals surface area contributed by atoms with Gasteiger partial charge in [0.05, 0.1) is 11.8 Å². The van der Waals surface area contributed by atoms with E-state index in [4.69, 9.17) is 0 Å². The van der Waals surface area contributed by atoms with Crippen LogP contribution in [0.4, 0.5) is 22.0 Å². The second kappa shape index (κ2) is 4.94. The molecule has 0 atom stereocenters. The van der Waals surface area contributed by atoms with E-state index >= 15 is 0 Å². The van der Waals surface area contributed by atoms with E-state index in [2.05, 4.69) is 5.10 Å². The van der Waals surface area contributed by atoms with Crippen LogP contribution in [-0.2, 0) is 4.79 Å². The third-order valence-corrected chi connectivity index (χ3v) is 2.56. The van der Waals surface area contributed by atoms with Gasteiger partial charge in [-0.15, -0.1) is 0 Å². The number of hydrogen-bond donors (Lipinski definition) is 1. The summed E-state index contributed by atoms with van der Waals surface area (Å²) in [6, 6.07) is 0. The predicted molar refractivity (Wildman–Crippen MR) is 54.7 cm³/mol. The molecule has 8 heteroatoms. The van der Waals surface area contributed by atoms with Gasteiger partial charge in [0.15, 0.2) is 23.3 Å². The van der Waals surface area contributed by atoms with Crippen molar-refractivity contribution >= 4 is 12.1 Å². The summed E-state index contributed by atoms with van der Waals surface area (Å²) in [4.78, 5) is 11.1. The van der Waals surface area contributed by atoms with Crippen molar-refractivity contribution in [1.29, 1.82) is 0 Å². The highest BCUT2D eigenvalue weighted by atomic mass is 19.2. The van der Waals surface area contributed by atoms with E-state index in [9.17, 15) is 26.7 Å². The van der Waals surface area contributed by atoms with Crippen molar-refractivity contribution in [3.63, 3.8) is 0 Å². The molecule has 0 aromatic heterocycles. The van der Waals surface area contributed by atoms with Crippen molar-refractivity contribution in [2.75, 3.05) is 0 Å². The molecule has 102 valence electrons. The van der Waals surface area contributed by atoms with Crippen LogP contribution in [0.5, 0.6) is 0 Å². The number of halogens is 5. The van der Waals surface area contributed by atoms with Gasteiger partial charge in [0, 0.05) is 5.92 Å². The third kappa shape index (κ3) is 2.56. The zero-order valence-corrected chi connectivity index (χ0v) is 9.31. The van der Waals surface area contributed by atoms with E-state index in [0.29, 0.717) is 19.1 Å². The van der Waals surface area contributed by atoms with Crippen LogP contribution in [0.25, 0.3) is 0 Å². The average Bonchev–Trinajstić information content (AvgIpc) is 3.22. The first-order valence-corrected chi connectivity index (χ1v) is 5.27. The summed E-state index contributed by atoms with van der Waals surface area (Å²) in [7, 11) is 0. The van der Waals surface area contributed by atoms with Crippen molar-refractivity contribution in [3.8, 4) is 0 Å². The Morgan fingerprint density at radius 1 is 1.00 bits per heavy atom. The van der Waals surface area contributed by atoms with Gasteiger partial charge in [-0.05, 0) is 12.8 Å². The molecule has 1 N–H and O–H groups in total. The Labute approximate surface area is 104 Å².